The summed E-state index contributed by atoms with van der Waals surface area (Å²) >= 11 is 0. The Balaban J connectivity index is 1.53. The summed E-state index contributed by atoms with van der Waals surface area (Å²) in [6, 6.07) is 8.27. The number of hydrogen-bond donors (Lipinski definition) is 3. The van der Waals surface area contributed by atoms with Gasteiger partial charge in [0.2, 0.25) is 0 Å². The number of nitrogens with zero attached hydrogens (tertiary/aromatic N) is 4. The third-order valence-electron chi connectivity index (χ3n) is 5.07. The topological polar surface area (TPSA) is 122 Å². The summed E-state index contributed by atoms with van der Waals surface area (Å²) in [6.45, 7) is 5.20. The van der Waals surface area contributed by atoms with Crippen LogP contribution < -0.4 is 16.2 Å². The Kier molecular flexibility index (Phi) is 5.50. The van der Waals surface area contributed by atoms with Gasteiger partial charge in [0.15, 0.2) is 11.5 Å². The molecule has 0 spiro atoms. The van der Waals surface area contributed by atoms with Gasteiger partial charge in [0.25, 0.3) is 0 Å². The molecule has 3 aromatic rings. The zero-order valence-electron chi connectivity index (χ0n) is 16.5. The number of unbranched alkanes of at least 4 members (excludes halogenated alkanes) is 1. The van der Waals surface area contributed by atoms with Gasteiger partial charge in [-0.2, -0.15) is 9.97 Å². The van der Waals surface area contributed by atoms with E-state index in [0.717, 1.165) is 38.0 Å². The molecule has 1 fully saturated rings. The van der Waals surface area contributed by atoms with Crippen molar-refractivity contribution in [1.29, 1.82) is 0 Å². The van der Waals surface area contributed by atoms with Crippen LogP contribution in [0.15, 0.2) is 29.1 Å². The van der Waals surface area contributed by atoms with Crippen LogP contribution >= 0.6 is 0 Å². The van der Waals surface area contributed by atoms with Crippen molar-refractivity contribution in [2.45, 2.75) is 39.0 Å². The second-order valence-electron chi connectivity index (χ2n) is 7.47. The molecule has 2 aromatic heterocycles. The van der Waals surface area contributed by atoms with Crippen LogP contribution in [0.4, 0.5) is 5.82 Å². The van der Waals surface area contributed by atoms with Crippen molar-refractivity contribution < 1.29 is 9.84 Å². The third kappa shape index (κ3) is 4.25. The molecule has 0 amide bonds. The van der Waals surface area contributed by atoms with E-state index in [9.17, 15) is 9.90 Å². The number of aromatic amines is 1. The zero-order valence-corrected chi connectivity index (χ0v) is 16.5. The number of imidazole rings is 1. The summed E-state index contributed by atoms with van der Waals surface area (Å²) in [5.74, 6) is 0.199. The van der Waals surface area contributed by atoms with Gasteiger partial charge >= 0.3 is 11.7 Å². The zero-order chi connectivity index (χ0) is 20.4. The molecule has 0 bridgehead atoms. The Morgan fingerprint density at radius 1 is 1.21 bits per heavy atom. The van der Waals surface area contributed by atoms with Crippen molar-refractivity contribution >= 4 is 17.0 Å². The van der Waals surface area contributed by atoms with Crippen LogP contribution in [-0.2, 0) is 13.1 Å². The molecule has 0 radical (unpaired) electrons. The first kappa shape index (κ1) is 19.4. The summed E-state index contributed by atoms with van der Waals surface area (Å²) in [5, 5.41) is 9.39. The molecular weight excluding hydrogens is 372 g/mol. The van der Waals surface area contributed by atoms with Crippen LogP contribution in [0.1, 0.15) is 30.9 Å². The van der Waals surface area contributed by atoms with Crippen LogP contribution in [0, 0.1) is 0 Å². The van der Waals surface area contributed by atoms with E-state index >= 15 is 0 Å². The van der Waals surface area contributed by atoms with Gasteiger partial charge in [-0.1, -0.05) is 37.6 Å². The summed E-state index contributed by atoms with van der Waals surface area (Å²) in [7, 11) is 0. The van der Waals surface area contributed by atoms with Gasteiger partial charge in [-0.3, -0.25) is 9.47 Å². The van der Waals surface area contributed by atoms with E-state index in [2.05, 4.69) is 26.8 Å². The number of likely N-dealkylation sites (tertiary alicyclic amines) is 1. The number of fused-ring (bicyclic) bond motifs is 1. The van der Waals surface area contributed by atoms with Crippen molar-refractivity contribution in [2.75, 3.05) is 25.4 Å². The summed E-state index contributed by atoms with van der Waals surface area (Å²) in [5.41, 5.74) is 8.72. The number of aliphatic hydroxyl groups is 1. The first-order valence-corrected chi connectivity index (χ1v) is 9.90. The van der Waals surface area contributed by atoms with E-state index in [0.29, 0.717) is 24.3 Å². The van der Waals surface area contributed by atoms with Crippen LogP contribution in [0.2, 0.25) is 0 Å². The molecule has 9 nitrogen and oxygen atoms in total. The molecule has 1 aliphatic heterocycles. The van der Waals surface area contributed by atoms with E-state index in [-0.39, 0.29) is 23.6 Å². The predicted octanol–water partition coefficient (Wildman–Crippen LogP) is 1.11. The van der Waals surface area contributed by atoms with Gasteiger partial charge in [0, 0.05) is 19.6 Å². The molecule has 9 heteroatoms. The van der Waals surface area contributed by atoms with E-state index in [1.165, 1.54) is 5.56 Å². The normalized spacial score (nSPS) is 15.0. The van der Waals surface area contributed by atoms with Gasteiger partial charge in [0.1, 0.15) is 5.52 Å². The lowest BCUT2D eigenvalue weighted by molar-refractivity contribution is -0.00286. The quantitative estimate of drug-likeness (QED) is 0.486. The van der Waals surface area contributed by atoms with Crippen LogP contribution in [0.5, 0.6) is 6.01 Å². The Morgan fingerprint density at radius 3 is 2.55 bits per heavy atom. The maximum atomic E-state index is 12.5. The Morgan fingerprint density at radius 2 is 1.90 bits per heavy atom. The molecule has 0 saturated carbocycles. The second-order valence-corrected chi connectivity index (χ2v) is 7.47. The van der Waals surface area contributed by atoms with Gasteiger partial charge < -0.3 is 20.6 Å². The molecule has 3 heterocycles. The Bertz CT molecular complexity index is 1040. The minimum Gasteiger partial charge on any atom is -0.463 e. The second kappa shape index (κ2) is 8.22. The first-order valence-electron chi connectivity index (χ1n) is 9.90. The molecular formula is C20H26N6O3. The molecule has 1 saturated heterocycles. The highest BCUT2D eigenvalue weighted by molar-refractivity contribution is 5.81. The SMILES string of the molecule is CCCCOc1nc(N)c2[nH]c(=O)n(Cc3ccc(CN4CC(O)C4)cc3)c2n1. The first-order chi connectivity index (χ1) is 14.0. The summed E-state index contributed by atoms with van der Waals surface area (Å²) in [6.07, 6.45) is 1.69. The fourth-order valence-corrected chi connectivity index (χ4v) is 3.41. The molecule has 0 unspecified atom stereocenters. The minimum absolute atomic E-state index is 0.184. The van der Waals surface area contributed by atoms with Crippen molar-refractivity contribution in [3.8, 4) is 6.01 Å². The fraction of sp³-hybridized carbons (Fsp3) is 0.450. The number of hydrogen-bond acceptors (Lipinski definition) is 7. The number of β-amino-alcohol motifs (C(OH)–C–C–N with tert-alkyl or cyclic N) is 1. The molecule has 0 aliphatic carbocycles. The van der Waals surface area contributed by atoms with Crippen molar-refractivity contribution in [2.24, 2.45) is 0 Å². The lowest BCUT2D eigenvalue weighted by Crippen LogP contribution is -2.49. The number of H-pyrrole nitrogens is 1. The minimum atomic E-state index is -0.287. The number of nitrogen functional groups attached to an aromatic ring is 1. The maximum absolute atomic E-state index is 12.5. The summed E-state index contributed by atoms with van der Waals surface area (Å²) < 4.78 is 7.11. The smallest absolute Gasteiger partial charge is 0.328 e. The highest BCUT2D eigenvalue weighted by atomic mass is 16.5. The van der Waals surface area contributed by atoms with Gasteiger partial charge in [0.05, 0.1) is 19.3 Å². The molecule has 29 heavy (non-hydrogen) atoms. The maximum Gasteiger partial charge on any atom is 0.328 e. The number of rotatable bonds is 8. The molecule has 0 atom stereocenters. The largest absolute Gasteiger partial charge is 0.463 e. The van der Waals surface area contributed by atoms with Crippen LogP contribution in [-0.4, -0.2) is 55.3 Å². The van der Waals surface area contributed by atoms with Crippen LogP contribution in [0.25, 0.3) is 11.2 Å². The number of nitrogens with one attached hydrogen (secondary N) is 1. The highest BCUT2D eigenvalue weighted by Crippen LogP contribution is 2.19. The Labute approximate surface area is 168 Å². The number of aromatic nitrogens is 4. The molecule has 154 valence electrons. The standard InChI is InChI=1S/C20H26N6O3/c1-2-3-8-29-19-23-17(21)16-18(24-19)26(20(28)22-16)10-14-6-4-13(5-7-14)9-25-11-15(27)12-25/h4-7,15,27H,2-3,8-12H2,1H3,(H,22,28)(H2,21,23,24). The number of nitrogens with two attached hydrogens (primary N) is 1. The van der Waals surface area contributed by atoms with E-state index in [1.54, 1.807) is 4.57 Å². The Hall–Kier alpha value is -2.91. The lowest BCUT2D eigenvalue weighted by atomic mass is 10.1. The van der Waals surface area contributed by atoms with Crippen LogP contribution in [0.3, 0.4) is 0 Å². The number of aliphatic hydroxyl groups excluding tert-OH is 1. The predicted molar refractivity (Wildman–Crippen MR) is 110 cm³/mol. The van der Waals surface area contributed by atoms with E-state index in [1.807, 2.05) is 24.3 Å². The van der Waals surface area contributed by atoms with E-state index < -0.39 is 0 Å². The van der Waals surface area contributed by atoms with Crippen molar-refractivity contribution in [3.05, 3.63) is 45.9 Å². The summed E-state index contributed by atoms with van der Waals surface area (Å²) in [4.78, 5) is 25.9. The lowest BCUT2D eigenvalue weighted by Gasteiger charge is -2.35. The number of benzene rings is 1. The highest BCUT2D eigenvalue weighted by Gasteiger charge is 2.23. The van der Waals surface area contributed by atoms with Gasteiger partial charge in [-0.25, -0.2) is 4.79 Å². The van der Waals surface area contributed by atoms with Gasteiger partial charge in [-0.05, 0) is 17.5 Å². The number of anilines is 1. The fourth-order valence-electron chi connectivity index (χ4n) is 3.41. The average Bonchev–Trinajstić information content (AvgIpc) is 2.99. The van der Waals surface area contributed by atoms with E-state index in [4.69, 9.17) is 10.5 Å². The molecule has 1 aromatic carbocycles. The van der Waals surface area contributed by atoms with Crippen molar-refractivity contribution in [1.82, 2.24) is 24.4 Å². The molecule has 4 rings (SSSR count). The van der Waals surface area contributed by atoms with Gasteiger partial charge in [-0.15, -0.1) is 0 Å². The monoisotopic (exact) mass is 398 g/mol. The molecule has 4 N–H and O–H groups in total. The average molecular weight is 398 g/mol. The molecule has 1 aliphatic rings. The third-order valence-corrected chi connectivity index (χ3v) is 5.07. The number of ether oxygens (including phenoxy) is 1. The van der Waals surface area contributed by atoms with Crippen molar-refractivity contribution in [3.63, 3.8) is 0 Å².